The number of fused-ring (bicyclic) bond motifs is 18. The molecule has 6 heteroatoms. The van der Waals surface area contributed by atoms with Crippen LogP contribution in [0.1, 0.15) is 0 Å². The van der Waals surface area contributed by atoms with Gasteiger partial charge in [0.2, 0.25) is 0 Å². The predicted octanol–water partition coefficient (Wildman–Crippen LogP) is 19.2. The normalized spacial score (nSPS) is 14.0. The molecule has 0 atom stereocenters. The number of aromatic nitrogens is 2. The molecule has 16 aromatic rings. The highest BCUT2D eigenvalue weighted by Crippen LogP contribution is 2.46. The Hall–Kier alpha value is -8.89. The molecule has 0 amide bonds. The minimum atomic E-state index is -1.95. The lowest BCUT2D eigenvalue weighted by atomic mass is 9.98. The number of benzene rings is 12. The molecule has 0 spiro atoms. The molecule has 0 N–H and O–H groups in total. The summed E-state index contributed by atoms with van der Waals surface area (Å²) in [5.74, 6) is 0. The molecule has 0 unspecified atom stereocenters. The van der Waals surface area contributed by atoms with Crippen LogP contribution in [0, 0.1) is 0 Å². The maximum atomic E-state index is 2.54. The molecule has 0 radical (unpaired) electrons. The lowest BCUT2D eigenvalue weighted by Crippen LogP contribution is -2.49. The molecular weight excluding hydrogens is 1060 g/mol. The van der Waals surface area contributed by atoms with Crippen molar-refractivity contribution in [2.45, 2.75) is 26.2 Å². The second kappa shape index (κ2) is 16.9. The van der Waals surface area contributed by atoms with E-state index < -0.39 is 16.1 Å². The van der Waals surface area contributed by atoms with E-state index in [1.807, 2.05) is 22.7 Å². The van der Waals surface area contributed by atoms with E-state index in [0.29, 0.717) is 0 Å². The van der Waals surface area contributed by atoms with Crippen molar-refractivity contribution < 1.29 is 0 Å². The van der Waals surface area contributed by atoms with Gasteiger partial charge >= 0.3 is 0 Å². The average molecular weight is 1110 g/mol. The zero-order valence-corrected chi connectivity index (χ0v) is 49.4. The van der Waals surface area contributed by atoms with Gasteiger partial charge < -0.3 is 9.13 Å². The lowest BCUT2D eigenvalue weighted by Gasteiger charge is -2.20. The van der Waals surface area contributed by atoms with Crippen molar-refractivity contribution in [1.82, 2.24) is 9.13 Å². The fraction of sp³-hybridized carbons (Fsp3) is 0.0526. The second-order valence-corrected chi connectivity index (χ2v) is 34.7. The van der Waals surface area contributed by atoms with E-state index in [1.54, 1.807) is 0 Å². The Morgan fingerprint density at radius 1 is 0.256 bits per heavy atom. The quantitative estimate of drug-likeness (QED) is 0.152. The summed E-state index contributed by atoms with van der Waals surface area (Å²) in [5.41, 5.74) is 20.4. The van der Waals surface area contributed by atoms with E-state index in [-0.39, 0.29) is 0 Å². The van der Waals surface area contributed by atoms with Gasteiger partial charge in [-0.15, -0.1) is 22.7 Å². The smallest absolute Gasteiger partial charge is 0.113 e. The molecule has 6 heterocycles. The number of nitrogens with zero attached hydrogens (tertiary/aromatic N) is 2. The Kier molecular flexibility index (Phi) is 9.62. The van der Waals surface area contributed by atoms with Gasteiger partial charge in [-0.3, -0.25) is 0 Å². The molecule has 0 fully saturated rings. The van der Waals surface area contributed by atoms with Crippen LogP contribution in [0.25, 0.3) is 151 Å². The molecule has 2 nitrogen and oxygen atoms in total. The van der Waals surface area contributed by atoms with E-state index in [0.717, 1.165) is 0 Å². The molecule has 2 aliphatic heterocycles. The first-order valence-corrected chi connectivity index (χ1v) is 36.3. The van der Waals surface area contributed by atoms with Crippen LogP contribution in [0.5, 0.6) is 0 Å². The summed E-state index contributed by atoms with van der Waals surface area (Å²) in [7, 11) is -3.90. The van der Waals surface area contributed by atoms with E-state index in [4.69, 9.17) is 0 Å². The molecule has 386 valence electrons. The average Bonchev–Trinajstić information content (AvgIpc) is 3.15. The first-order valence-electron chi connectivity index (χ1n) is 28.6. The summed E-state index contributed by atoms with van der Waals surface area (Å²) >= 11 is 3.81. The molecule has 12 aromatic carbocycles. The summed E-state index contributed by atoms with van der Waals surface area (Å²) in [6.07, 6.45) is 0. The fourth-order valence-corrected chi connectivity index (χ4v) is 23.6. The molecule has 4 aromatic heterocycles. The third-order valence-corrected chi connectivity index (χ3v) is 28.5. The van der Waals surface area contributed by atoms with Crippen molar-refractivity contribution in [3.63, 3.8) is 0 Å². The Morgan fingerprint density at radius 3 is 1.04 bits per heavy atom. The highest BCUT2D eigenvalue weighted by molar-refractivity contribution is 7.26. The molecule has 0 aliphatic carbocycles. The maximum Gasteiger partial charge on any atom is 0.113 e. The number of thiophene rings is 2. The highest BCUT2D eigenvalue weighted by atomic mass is 32.1. The molecular formula is C76H52N2S2Si2. The molecule has 0 bridgehead atoms. The van der Waals surface area contributed by atoms with Gasteiger partial charge in [0.1, 0.15) is 16.1 Å². The third kappa shape index (κ3) is 6.43. The van der Waals surface area contributed by atoms with Gasteiger partial charge in [-0.2, -0.15) is 0 Å². The number of hydrogen-bond acceptors (Lipinski definition) is 2. The predicted molar refractivity (Wildman–Crippen MR) is 362 cm³/mol. The maximum absolute atomic E-state index is 2.54. The van der Waals surface area contributed by atoms with Crippen LogP contribution in [-0.4, -0.2) is 25.3 Å². The van der Waals surface area contributed by atoms with Crippen molar-refractivity contribution in [2.24, 2.45) is 0 Å². The van der Waals surface area contributed by atoms with Crippen molar-refractivity contribution in [3.05, 3.63) is 243 Å². The summed E-state index contributed by atoms with van der Waals surface area (Å²) < 4.78 is 10.4. The number of hydrogen-bond donors (Lipinski definition) is 0. The van der Waals surface area contributed by atoms with Gasteiger partial charge in [0.15, 0.2) is 0 Å². The van der Waals surface area contributed by atoms with Gasteiger partial charge in [0.05, 0.1) is 22.1 Å². The Morgan fingerprint density at radius 2 is 0.598 bits per heavy atom. The molecule has 18 rings (SSSR count). The summed E-state index contributed by atoms with van der Waals surface area (Å²) in [4.78, 5) is 0. The Bertz CT molecular complexity index is 5150. The van der Waals surface area contributed by atoms with Crippen LogP contribution < -0.4 is 20.7 Å². The largest absolute Gasteiger partial charge is 0.309 e. The van der Waals surface area contributed by atoms with Gasteiger partial charge in [0.25, 0.3) is 0 Å². The van der Waals surface area contributed by atoms with Gasteiger partial charge in [-0.05, 0) is 161 Å². The molecule has 2 aliphatic rings. The van der Waals surface area contributed by atoms with E-state index in [2.05, 4.69) is 278 Å². The van der Waals surface area contributed by atoms with Gasteiger partial charge in [0, 0.05) is 73.3 Å². The SMILES string of the molecule is C[Si]1(C)c2ccccc2-c2ccc(-n3c4ccc(-c5ccc6c(c5)c5cc(-c7cccc8c7sc7ccccc78)ccc5n6-c5ccc6c(c5)[Si](C)(C)c5ccccc5-6)cc4c4cc(-c5cccc6c5sc5ccccc56)ccc43)cc21. The summed E-state index contributed by atoms with van der Waals surface area (Å²) in [5, 5.41) is 16.4. The minimum Gasteiger partial charge on any atom is -0.309 e. The van der Waals surface area contributed by atoms with Crippen LogP contribution in [0.2, 0.25) is 26.2 Å². The lowest BCUT2D eigenvalue weighted by molar-refractivity contribution is 1.18. The standard InChI is InChI=1S/C76H52N2S2Si2/c1-81(2)71-25-11-7-17-55(71)57-33-31-49(43-73(57)81)77-65-35-27-45(39-61(65)63-41-47(29-37-67(63)77)51-19-13-21-59-53-15-5-9-23-69(53)79-75(51)59)46-28-36-66-62(40-46)64-42-48(52-20-14-22-60-54-16-6-10-24-70(54)80-76(52)60)30-38-68(64)78(66)50-32-34-58-56-18-8-12-26-72(56)82(3,4)74(58)44-50/h5-44H,1-4H3. The van der Waals surface area contributed by atoms with Crippen LogP contribution >= 0.6 is 22.7 Å². The van der Waals surface area contributed by atoms with Crippen molar-refractivity contribution in [3.8, 4) is 67.0 Å². The minimum absolute atomic E-state index is 1.21. The number of rotatable bonds is 5. The fourth-order valence-electron chi connectivity index (χ4n) is 14.9. The summed E-state index contributed by atoms with van der Waals surface area (Å²) in [6.45, 7) is 10.1. The first-order chi connectivity index (χ1) is 40.2. The molecule has 0 saturated heterocycles. The van der Waals surface area contributed by atoms with Crippen molar-refractivity contribution in [1.29, 1.82) is 0 Å². The van der Waals surface area contributed by atoms with Gasteiger partial charge in [-0.1, -0.05) is 184 Å². The topological polar surface area (TPSA) is 9.86 Å². The van der Waals surface area contributed by atoms with E-state index in [1.165, 1.54) is 172 Å². The molecule has 0 saturated carbocycles. The van der Waals surface area contributed by atoms with Crippen LogP contribution in [0.4, 0.5) is 0 Å². The Labute approximate surface area is 485 Å². The van der Waals surface area contributed by atoms with E-state index in [9.17, 15) is 0 Å². The highest BCUT2D eigenvalue weighted by Gasteiger charge is 2.39. The monoisotopic (exact) mass is 1110 g/mol. The van der Waals surface area contributed by atoms with Crippen molar-refractivity contribution >= 4 is 144 Å². The van der Waals surface area contributed by atoms with E-state index >= 15 is 0 Å². The van der Waals surface area contributed by atoms with Gasteiger partial charge in [-0.25, -0.2) is 0 Å². The first kappa shape index (κ1) is 46.8. The van der Waals surface area contributed by atoms with Crippen molar-refractivity contribution in [2.75, 3.05) is 0 Å². The van der Waals surface area contributed by atoms with Crippen LogP contribution in [-0.2, 0) is 0 Å². The third-order valence-electron chi connectivity index (χ3n) is 18.9. The van der Waals surface area contributed by atoms with Crippen LogP contribution in [0.15, 0.2) is 243 Å². The molecule has 82 heavy (non-hydrogen) atoms. The Balaban J connectivity index is 0.853. The zero-order chi connectivity index (χ0) is 54.3. The summed E-state index contributed by atoms with van der Waals surface area (Å²) in [6, 6.07) is 93.2. The van der Waals surface area contributed by atoms with Crippen LogP contribution in [0.3, 0.4) is 0 Å². The second-order valence-electron chi connectivity index (χ2n) is 24.0. The zero-order valence-electron chi connectivity index (χ0n) is 45.8.